The smallest absolute Gasteiger partial charge is 0.0946 e. The maximum Gasteiger partial charge on any atom is 0.0946 e. The molecule has 2 bridgehead atoms. The summed E-state index contributed by atoms with van der Waals surface area (Å²) in [7, 11) is 0. The van der Waals surface area contributed by atoms with Crippen LogP contribution < -0.4 is 5.32 Å². The molecule has 0 radical (unpaired) electrons. The van der Waals surface area contributed by atoms with E-state index in [-0.39, 0.29) is 0 Å². The third-order valence-electron chi connectivity index (χ3n) is 4.28. The number of fused-ring (bicyclic) bond motifs is 2. The molecule has 0 aromatic carbocycles. The van der Waals surface area contributed by atoms with Gasteiger partial charge in [-0.25, -0.2) is 4.98 Å². The average molecular weight is 219 g/mol. The Hall–Kier alpha value is -0.830. The zero-order valence-corrected chi connectivity index (χ0v) is 9.97. The zero-order valence-electron chi connectivity index (χ0n) is 9.97. The van der Waals surface area contributed by atoms with Crippen LogP contribution in [0.5, 0.6) is 0 Å². The Bertz CT molecular complexity index is 333. The van der Waals surface area contributed by atoms with E-state index in [1.165, 1.54) is 25.7 Å². The molecule has 1 aromatic rings. The van der Waals surface area contributed by atoms with Gasteiger partial charge in [0.15, 0.2) is 0 Å². The number of hydrogen-bond acceptors (Lipinski definition) is 2. The molecule has 2 aliphatic rings. The minimum absolute atomic E-state index is 0.554. The van der Waals surface area contributed by atoms with Gasteiger partial charge in [0.2, 0.25) is 0 Å². The van der Waals surface area contributed by atoms with E-state index >= 15 is 0 Å². The maximum absolute atomic E-state index is 4.08. The van der Waals surface area contributed by atoms with Crippen molar-refractivity contribution in [2.24, 2.45) is 11.8 Å². The van der Waals surface area contributed by atoms with E-state index in [0.717, 1.165) is 24.4 Å². The van der Waals surface area contributed by atoms with Crippen molar-refractivity contribution in [2.45, 2.75) is 51.2 Å². The van der Waals surface area contributed by atoms with Crippen LogP contribution in [0, 0.1) is 11.8 Å². The molecule has 0 amide bonds. The van der Waals surface area contributed by atoms with Gasteiger partial charge in [-0.1, -0.05) is 6.42 Å². The van der Waals surface area contributed by atoms with Crippen LogP contribution in [0.1, 0.15) is 32.6 Å². The third-order valence-corrected chi connectivity index (χ3v) is 4.28. The monoisotopic (exact) mass is 219 g/mol. The lowest BCUT2D eigenvalue weighted by Gasteiger charge is -2.27. The molecule has 2 aliphatic carbocycles. The fourth-order valence-electron chi connectivity index (χ4n) is 3.58. The first-order valence-corrected chi connectivity index (χ1v) is 6.53. The molecule has 1 aromatic heterocycles. The first kappa shape index (κ1) is 10.3. The molecule has 16 heavy (non-hydrogen) atoms. The van der Waals surface area contributed by atoms with Crippen molar-refractivity contribution in [2.75, 3.05) is 0 Å². The Morgan fingerprint density at radius 2 is 2.38 bits per heavy atom. The summed E-state index contributed by atoms with van der Waals surface area (Å²) in [5.41, 5.74) is 0. The van der Waals surface area contributed by atoms with E-state index < -0.39 is 0 Å². The minimum atomic E-state index is 0.554. The maximum atomic E-state index is 4.08. The van der Waals surface area contributed by atoms with E-state index in [0.29, 0.717) is 6.04 Å². The third kappa shape index (κ3) is 2.01. The Labute approximate surface area is 97.3 Å². The zero-order chi connectivity index (χ0) is 11.0. The molecule has 3 nitrogen and oxygen atoms in total. The summed E-state index contributed by atoms with van der Waals surface area (Å²) in [6.45, 7) is 3.32. The van der Waals surface area contributed by atoms with Crippen LogP contribution in [0.25, 0.3) is 0 Å². The van der Waals surface area contributed by atoms with Gasteiger partial charge >= 0.3 is 0 Å². The average Bonchev–Trinajstić information content (AvgIpc) is 2.92. The highest BCUT2D eigenvalue weighted by Gasteiger charge is 2.39. The standard InChI is InChI=1S/C13H21N3/c1-10(8-16-5-4-14-9-16)15-13-7-11-2-3-12(13)6-11/h4-5,9-13,15H,2-3,6-8H2,1H3. The summed E-state index contributed by atoms with van der Waals surface area (Å²) in [6.07, 6.45) is 11.6. The van der Waals surface area contributed by atoms with E-state index in [4.69, 9.17) is 0 Å². The van der Waals surface area contributed by atoms with E-state index in [2.05, 4.69) is 21.8 Å². The molecule has 3 heteroatoms. The summed E-state index contributed by atoms with van der Waals surface area (Å²) < 4.78 is 2.16. The minimum Gasteiger partial charge on any atom is -0.336 e. The van der Waals surface area contributed by atoms with Crippen LogP contribution in [-0.2, 0) is 6.54 Å². The van der Waals surface area contributed by atoms with Gasteiger partial charge in [-0.15, -0.1) is 0 Å². The van der Waals surface area contributed by atoms with Gasteiger partial charge < -0.3 is 9.88 Å². The Morgan fingerprint density at radius 3 is 3.00 bits per heavy atom. The molecule has 4 atom stereocenters. The second-order valence-corrected chi connectivity index (χ2v) is 5.61. The highest BCUT2D eigenvalue weighted by atomic mass is 15.1. The predicted molar refractivity (Wildman–Crippen MR) is 64.1 cm³/mol. The molecule has 1 heterocycles. The van der Waals surface area contributed by atoms with Crippen molar-refractivity contribution in [3.63, 3.8) is 0 Å². The molecule has 2 saturated carbocycles. The molecule has 1 N–H and O–H groups in total. The van der Waals surface area contributed by atoms with Gasteiger partial charge in [0, 0.05) is 31.0 Å². The fraction of sp³-hybridized carbons (Fsp3) is 0.769. The van der Waals surface area contributed by atoms with Crippen molar-refractivity contribution < 1.29 is 0 Å². The molecular formula is C13H21N3. The summed E-state index contributed by atoms with van der Waals surface area (Å²) in [6, 6.07) is 1.34. The van der Waals surface area contributed by atoms with Crippen LogP contribution in [-0.4, -0.2) is 21.6 Å². The fourth-order valence-corrected chi connectivity index (χ4v) is 3.58. The normalized spacial score (nSPS) is 34.4. The summed E-state index contributed by atoms with van der Waals surface area (Å²) >= 11 is 0. The molecule has 0 spiro atoms. The van der Waals surface area contributed by atoms with Crippen molar-refractivity contribution in [3.05, 3.63) is 18.7 Å². The van der Waals surface area contributed by atoms with Crippen molar-refractivity contribution >= 4 is 0 Å². The summed E-state index contributed by atoms with van der Waals surface area (Å²) in [5, 5.41) is 3.80. The van der Waals surface area contributed by atoms with Crippen LogP contribution in [0.2, 0.25) is 0 Å². The van der Waals surface area contributed by atoms with Gasteiger partial charge in [0.05, 0.1) is 6.33 Å². The number of hydrogen-bond donors (Lipinski definition) is 1. The number of rotatable bonds is 4. The van der Waals surface area contributed by atoms with Gasteiger partial charge in [-0.3, -0.25) is 0 Å². The highest BCUT2D eigenvalue weighted by Crippen LogP contribution is 2.44. The second kappa shape index (κ2) is 4.21. The molecule has 4 unspecified atom stereocenters. The van der Waals surface area contributed by atoms with Crippen LogP contribution in [0.3, 0.4) is 0 Å². The Kier molecular flexibility index (Phi) is 2.72. The lowest BCUT2D eigenvalue weighted by atomic mass is 9.95. The van der Waals surface area contributed by atoms with E-state index in [1.807, 2.05) is 18.7 Å². The Morgan fingerprint density at radius 1 is 1.44 bits per heavy atom. The highest BCUT2D eigenvalue weighted by molar-refractivity contribution is 4.95. The predicted octanol–water partition coefficient (Wildman–Crippen LogP) is 2.05. The van der Waals surface area contributed by atoms with E-state index in [9.17, 15) is 0 Å². The molecule has 0 saturated heterocycles. The molecule has 88 valence electrons. The number of imidazole rings is 1. The van der Waals surface area contributed by atoms with Crippen molar-refractivity contribution in [3.8, 4) is 0 Å². The van der Waals surface area contributed by atoms with Crippen LogP contribution >= 0.6 is 0 Å². The largest absolute Gasteiger partial charge is 0.336 e. The molecule has 0 aliphatic heterocycles. The summed E-state index contributed by atoms with van der Waals surface area (Å²) in [5.74, 6) is 2.00. The van der Waals surface area contributed by atoms with E-state index in [1.54, 1.807) is 0 Å². The van der Waals surface area contributed by atoms with Crippen molar-refractivity contribution in [1.82, 2.24) is 14.9 Å². The number of nitrogens with zero attached hydrogens (tertiary/aromatic N) is 2. The first-order valence-electron chi connectivity index (χ1n) is 6.53. The van der Waals surface area contributed by atoms with Gasteiger partial charge in [0.25, 0.3) is 0 Å². The molecule has 3 rings (SSSR count). The Balaban J connectivity index is 1.51. The SMILES string of the molecule is CC(Cn1ccnc1)NC1CC2CCC1C2. The van der Waals surface area contributed by atoms with Crippen LogP contribution in [0.4, 0.5) is 0 Å². The van der Waals surface area contributed by atoms with Gasteiger partial charge in [0.1, 0.15) is 0 Å². The quantitative estimate of drug-likeness (QED) is 0.840. The molecule has 2 fully saturated rings. The van der Waals surface area contributed by atoms with Gasteiger partial charge in [-0.05, 0) is 38.0 Å². The summed E-state index contributed by atoms with van der Waals surface area (Å²) in [4.78, 5) is 4.08. The van der Waals surface area contributed by atoms with Crippen LogP contribution in [0.15, 0.2) is 18.7 Å². The van der Waals surface area contributed by atoms with Crippen molar-refractivity contribution in [1.29, 1.82) is 0 Å². The number of nitrogens with one attached hydrogen (secondary N) is 1. The second-order valence-electron chi connectivity index (χ2n) is 5.61. The lowest BCUT2D eigenvalue weighted by molar-refractivity contribution is 0.311. The molecular weight excluding hydrogens is 198 g/mol. The lowest BCUT2D eigenvalue weighted by Crippen LogP contribution is -2.41. The number of aromatic nitrogens is 2. The van der Waals surface area contributed by atoms with Gasteiger partial charge in [-0.2, -0.15) is 0 Å². The topological polar surface area (TPSA) is 29.9 Å². The first-order chi connectivity index (χ1) is 7.81.